The number of halogens is 2. The number of benzene rings is 1. The van der Waals surface area contributed by atoms with Crippen molar-refractivity contribution in [3.63, 3.8) is 0 Å². The number of nitrogens with zero attached hydrogens (tertiary/aromatic N) is 3. The monoisotopic (exact) mass is 454 g/mol. The highest BCUT2D eigenvalue weighted by Gasteiger charge is 2.25. The second-order valence-electron chi connectivity index (χ2n) is 7.46. The predicted octanol–water partition coefficient (Wildman–Crippen LogP) is 6.15. The first-order chi connectivity index (χ1) is 14.0. The Bertz CT molecular complexity index is 832. The molecule has 0 spiro atoms. The highest BCUT2D eigenvalue weighted by molar-refractivity contribution is 7.99. The Kier molecular flexibility index (Phi) is 8.27. The van der Waals surface area contributed by atoms with Gasteiger partial charge in [-0.05, 0) is 43.9 Å². The van der Waals surface area contributed by atoms with Gasteiger partial charge in [0.1, 0.15) is 0 Å². The predicted molar refractivity (Wildman–Crippen MR) is 121 cm³/mol. The molecular formula is C21H28Cl2N4OS. The van der Waals surface area contributed by atoms with Crippen molar-refractivity contribution < 1.29 is 4.79 Å². The van der Waals surface area contributed by atoms with Gasteiger partial charge in [0.15, 0.2) is 11.0 Å². The quantitative estimate of drug-likeness (QED) is 0.485. The summed E-state index contributed by atoms with van der Waals surface area (Å²) in [5.41, 5.74) is 0.822. The van der Waals surface area contributed by atoms with Gasteiger partial charge in [-0.1, -0.05) is 68.1 Å². The van der Waals surface area contributed by atoms with E-state index in [-0.39, 0.29) is 11.9 Å². The number of nitrogens with one attached hydrogen (secondary N) is 1. The van der Waals surface area contributed by atoms with Crippen LogP contribution in [0.25, 0.3) is 11.4 Å². The number of rotatable bonds is 8. The van der Waals surface area contributed by atoms with E-state index < -0.39 is 0 Å². The van der Waals surface area contributed by atoms with Crippen molar-refractivity contribution in [2.24, 2.45) is 0 Å². The smallest absolute Gasteiger partial charge is 0.230 e. The molecule has 1 fully saturated rings. The van der Waals surface area contributed by atoms with Crippen LogP contribution in [-0.4, -0.2) is 32.5 Å². The maximum atomic E-state index is 12.4. The molecule has 0 atom stereocenters. The Labute approximate surface area is 186 Å². The summed E-state index contributed by atoms with van der Waals surface area (Å²) in [4.78, 5) is 12.4. The molecule has 0 unspecified atom stereocenters. The van der Waals surface area contributed by atoms with Gasteiger partial charge in [0.05, 0.1) is 10.8 Å². The van der Waals surface area contributed by atoms with E-state index in [0.29, 0.717) is 21.8 Å². The van der Waals surface area contributed by atoms with Crippen LogP contribution in [0.1, 0.15) is 64.8 Å². The van der Waals surface area contributed by atoms with E-state index in [4.69, 9.17) is 23.2 Å². The van der Waals surface area contributed by atoms with Gasteiger partial charge in [0.2, 0.25) is 5.91 Å². The van der Waals surface area contributed by atoms with E-state index in [0.717, 1.165) is 42.2 Å². The van der Waals surface area contributed by atoms with E-state index in [9.17, 15) is 4.79 Å². The summed E-state index contributed by atoms with van der Waals surface area (Å²) in [5, 5.41) is 13.9. The number of hydrogen-bond acceptors (Lipinski definition) is 4. The molecule has 0 aliphatic heterocycles. The van der Waals surface area contributed by atoms with Crippen molar-refractivity contribution in [2.45, 2.75) is 76.0 Å². The standard InChI is InChI=1S/C21H28Cl2N4OS/c1-3-15(4-2)24-19(28)13-29-21-26-25-20(17-11-10-14(22)12-18(17)23)27(21)16-8-6-5-7-9-16/h10-12,15-16H,3-9,13H2,1-2H3,(H,24,28). The van der Waals surface area contributed by atoms with E-state index in [1.54, 1.807) is 6.07 Å². The van der Waals surface area contributed by atoms with Crippen molar-refractivity contribution in [3.05, 3.63) is 28.2 Å². The van der Waals surface area contributed by atoms with Crippen LogP contribution >= 0.6 is 35.0 Å². The lowest BCUT2D eigenvalue weighted by Crippen LogP contribution is -2.35. The molecule has 158 valence electrons. The van der Waals surface area contributed by atoms with Gasteiger partial charge in [-0.25, -0.2) is 0 Å². The summed E-state index contributed by atoms with van der Waals surface area (Å²) in [5.74, 6) is 1.12. The largest absolute Gasteiger partial charge is 0.353 e. The molecule has 0 radical (unpaired) electrons. The number of amides is 1. The first kappa shape index (κ1) is 22.4. The fraction of sp³-hybridized carbons (Fsp3) is 0.571. The fourth-order valence-electron chi connectivity index (χ4n) is 3.79. The third-order valence-corrected chi connectivity index (χ3v) is 6.95. The maximum absolute atomic E-state index is 12.4. The zero-order valence-electron chi connectivity index (χ0n) is 17.0. The van der Waals surface area contributed by atoms with E-state index in [2.05, 4.69) is 33.9 Å². The average Bonchev–Trinajstić information content (AvgIpc) is 3.14. The Morgan fingerprint density at radius 1 is 1.21 bits per heavy atom. The third-order valence-electron chi connectivity index (χ3n) is 5.46. The molecule has 1 aliphatic rings. The summed E-state index contributed by atoms with van der Waals surface area (Å²) < 4.78 is 2.18. The van der Waals surface area contributed by atoms with Crippen molar-refractivity contribution in [2.75, 3.05) is 5.75 Å². The molecule has 5 nitrogen and oxygen atoms in total. The molecule has 8 heteroatoms. The lowest BCUT2D eigenvalue weighted by atomic mass is 9.95. The topological polar surface area (TPSA) is 59.8 Å². The summed E-state index contributed by atoms with van der Waals surface area (Å²) in [6, 6.07) is 5.99. The SMILES string of the molecule is CCC(CC)NC(=O)CSc1nnc(-c2ccc(Cl)cc2Cl)n1C1CCCCC1. The third kappa shape index (κ3) is 5.68. The van der Waals surface area contributed by atoms with Gasteiger partial charge in [-0.3, -0.25) is 9.36 Å². The molecule has 1 aromatic heterocycles. The molecule has 0 saturated heterocycles. The minimum atomic E-state index is 0.0352. The van der Waals surface area contributed by atoms with Crippen molar-refractivity contribution in [3.8, 4) is 11.4 Å². The second-order valence-corrected chi connectivity index (χ2v) is 9.25. The molecule has 1 aliphatic carbocycles. The molecule has 3 rings (SSSR count). The zero-order chi connectivity index (χ0) is 20.8. The lowest BCUT2D eigenvalue weighted by Gasteiger charge is -2.26. The fourth-order valence-corrected chi connectivity index (χ4v) is 5.10. The van der Waals surface area contributed by atoms with Crippen LogP contribution in [0.2, 0.25) is 10.0 Å². The van der Waals surface area contributed by atoms with Crippen LogP contribution in [0.5, 0.6) is 0 Å². The molecule has 29 heavy (non-hydrogen) atoms. The van der Waals surface area contributed by atoms with Crippen LogP contribution in [0.3, 0.4) is 0 Å². The molecule has 1 amide bonds. The van der Waals surface area contributed by atoms with Crippen LogP contribution in [-0.2, 0) is 4.79 Å². The molecule has 1 heterocycles. The number of carbonyl (C=O) groups excluding carboxylic acids is 1. The van der Waals surface area contributed by atoms with Crippen LogP contribution in [0, 0.1) is 0 Å². The molecule has 1 aromatic carbocycles. The normalized spacial score (nSPS) is 15.1. The van der Waals surface area contributed by atoms with Crippen LogP contribution in [0.15, 0.2) is 23.4 Å². The van der Waals surface area contributed by atoms with Gasteiger partial charge in [0, 0.05) is 22.7 Å². The Hall–Kier alpha value is -1.24. The summed E-state index contributed by atoms with van der Waals surface area (Å²) in [7, 11) is 0. The van der Waals surface area contributed by atoms with Gasteiger partial charge >= 0.3 is 0 Å². The zero-order valence-corrected chi connectivity index (χ0v) is 19.3. The van der Waals surface area contributed by atoms with Gasteiger partial charge in [-0.2, -0.15) is 0 Å². The van der Waals surface area contributed by atoms with Crippen molar-refractivity contribution >= 4 is 40.9 Å². The molecular weight excluding hydrogens is 427 g/mol. The summed E-state index contributed by atoms with van der Waals surface area (Å²) in [6.07, 6.45) is 7.68. The average molecular weight is 455 g/mol. The molecule has 2 aromatic rings. The molecule has 1 saturated carbocycles. The minimum absolute atomic E-state index is 0.0352. The van der Waals surface area contributed by atoms with Gasteiger partial charge in [0.25, 0.3) is 0 Å². The highest BCUT2D eigenvalue weighted by Crippen LogP contribution is 2.38. The Balaban J connectivity index is 1.85. The second kappa shape index (κ2) is 10.7. The van der Waals surface area contributed by atoms with Crippen LogP contribution in [0.4, 0.5) is 0 Å². The first-order valence-corrected chi connectivity index (χ1v) is 12.1. The molecule has 0 bridgehead atoms. The molecule has 1 N–H and O–H groups in total. The van der Waals surface area contributed by atoms with Crippen LogP contribution < -0.4 is 5.32 Å². The minimum Gasteiger partial charge on any atom is -0.353 e. The number of thioether (sulfide) groups is 1. The lowest BCUT2D eigenvalue weighted by molar-refractivity contribution is -0.119. The Morgan fingerprint density at radius 3 is 2.59 bits per heavy atom. The number of hydrogen-bond donors (Lipinski definition) is 1. The van der Waals surface area contributed by atoms with E-state index in [1.165, 1.54) is 31.0 Å². The first-order valence-electron chi connectivity index (χ1n) is 10.4. The summed E-state index contributed by atoms with van der Waals surface area (Å²) >= 11 is 14.0. The highest BCUT2D eigenvalue weighted by atomic mass is 35.5. The number of aromatic nitrogens is 3. The number of carbonyl (C=O) groups is 1. The maximum Gasteiger partial charge on any atom is 0.230 e. The van der Waals surface area contributed by atoms with Gasteiger partial charge in [-0.15, -0.1) is 10.2 Å². The van der Waals surface area contributed by atoms with Crippen molar-refractivity contribution in [1.29, 1.82) is 0 Å². The van der Waals surface area contributed by atoms with Gasteiger partial charge < -0.3 is 5.32 Å². The van der Waals surface area contributed by atoms with Crippen molar-refractivity contribution in [1.82, 2.24) is 20.1 Å². The summed E-state index contributed by atoms with van der Waals surface area (Å²) in [6.45, 7) is 4.17. The van der Waals surface area contributed by atoms with E-state index >= 15 is 0 Å². The van der Waals surface area contributed by atoms with E-state index in [1.807, 2.05) is 12.1 Å². The Morgan fingerprint density at radius 2 is 1.93 bits per heavy atom.